The van der Waals surface area contributed by atoms with E-state index in [0.29, 0.717) is 16.1 Å². The third-order valence-corrected chi connectivity index (χ3v) is 5.03. The monoisotopic (exact) mass is 361 g/mol. The van der Waals surface area contributed by atoms with Crippen molar-refractivity contribution < 1.29 is 8.78 Å². The lowest BCUT2D eigenvalue weighted by atomic mass is 10.0. The van der Waals surface area contributed by atoms with Gasteiger partial charge < -0.3 is 4.90 Å². The maximum Gasteiger partial charge on any atom is 0.130 e. The summed E-state index contributed by atoms with van der Waals surface area (Å²) >= 11 is 6.11. The van der Waals surface area contributed by atoms with Crippen LogP contribution in [0.3, 0.4) is 0 Å². The molecule has 0 N–H and O–H groups in total. The number of hydrogen-bond acceptors (Lipinski definition) is 3. The van der Waals surface area contributed by atoms with Crippen molar-refractivity contribution in [3.05, 3.63) is 64.2 Å². The molecule has 1 aliphatic heterocycles. The first kappa shape index (κ1) is 17.7. The molecular formula is C19H18ClF2N3. The Morgan fingerprint density at radius 3 is 2.40 bits per heavy atom. The van der Waals surface area contributed by atoms with Crippen molar-refractivity contribution in [3.8, 4) is 6.07 Å². The fraction of sp³-hybridized carbons (Fsp3) is 0.316. The van der Waals surface area contributed by atoms with Gasteiger partial charge in [0, 0.05) is 49.5 Å². The minimum Gasteiger partial charge on any atom is -0.369 e. The standard InChI is InChI=1S/C19H18ClF2N3/c1-13(17-5-3-15(21)10-19(17)22)24-6-8-25(9-7-24)16-4-2-14(12-23)18(20)11-16/h2-5,10-11,13H,6-9H2,1H3. The summed E-state index contributed by atoms with van der Waals surface area (Å²) in [5, 5.41) is 9.40. The third kappa shape index (κ3) is 3.76. The van der Waals surface area contributed by atoms with Gasteiger partial charge in [-0.2, -0.15) is 5.26 Å². The van der Waals surface area contributed by atoms with E-state index >= 15 is 0 Å². The molecule has 1 aliphatic rings. The molecule has 0 aliphatic carbocycles. The van der Waals surface area contributed by atoms with Crippen molar-refractivity contribution in [2.75, 3.05) is 31.1 Å². The second kappa shape index (κ2) is 7.38. The van der Waals surface area contributed by atoms with E-state index in [1.54, 1.807) is 12.1 Å². The number of rotatable bonds is 3. The van der Waals surface area contributed by atoms with Crippen molar-refractivity contribution in [2.24, 2.45) is 0 Å². The van der Waals surface area contributed by atoms with Crippen LogP contribution in [0, 0.1) is 23.0 Å². The van der Waals surface area contributed by atoms with Gasteiger partial charge in [0.1, 0.15) is 17.7 Å². The summed E-state index contributed by atoms with van der Waals surface area (Å²) in [6.45, 7) is 5.00. The molecule has 1 atom stereocenters. The highest BCUT2D eigenvalue weighted by Crippen LogP contribution is 2.28. The quantitative estimate of drug-likeness (QED) is 0.813. The molecule has 2 aromatic carbocycles. The number of halogens is 3. The first-order valence-corrected chi connectivity index (χ1v) is 8.51. The molecule has 3 rings (SSSR count). The molecule has 2 aromatic rings. The zero-order valence-corrected chi connectivity index (χ0v) is 14.6. The van der Waals surface area contributed by atoms with Gasteiger partial charge in [0.15, 0.2) is 0 Å². The Morgan fingerprint density at radius 1 is 1.08 bits per heavy atom. The summed E-state index contributed by atoms with van der Waals surface area (Å²) in [4.78, 5) is 4.37. The molecule has 0 spiro atoms. The van der Waals surface area contributed by atoms with Gasteiger partial charge in [0.25, 0.3) is 0 Å². The fourth-order valence-corrected chi connectivity index (χ4v) is 3.41. The van der Waals surface area contributed by atoms with Gasteiger partial charge in [-0.25, -0.2) is 8.78 Å². The zero-order chi connectivity index (χ0) is 18.0. The second-order valence-corrected chi connectivity index (χ2v) is 6.55. The van der Waals surface area contributed by atoms with Crippen LogP contribution in [0.2, 0.25) is 5.02 Å². The van der Waals surface area contributed by atoms with E-state index in [0.717, 1.165) is 37.9 Å². The molecule has 1 unspecified atom stereocenters. The molecule has 6 heteroatoms. The number of piperazine rings is 1. The lowest BCUT2D eigenvalue weighted by Gasteiger charge is -2.39. The van der Waals surface area contributed by atoms with Gasteiger partial charge in [-0.1, -0.05) is 17.7 Å². The first-order chi connectivity index (χ1) is 12.0. The summed E-state index contributed by atoms with van der Waals surface area (Å²) < 4.78 is 27.1. The van der Waals surface area contributed by atoms with E-state index in [9.17, 15) is 8.78 Å². The van der Waals surface area contributed by atoms with Crippen LogP contribution in [0.1, 0.15) is 24.1 Å². The molecule has 0 amide bonds. The SMILES string of the molecule is CC(c1ccc(F)cc1F)N1CCN(c2ccc(C#N)c(Cl)c2)CC1. The molecule has 0 radical (unpaired) electrons. The summed E-state index contributed by atoms with van der Waals surface area (Å²) in [6.07, 6.45) is 0. The van der Waals surface area contributed by atoms with E-state index in [1.165, 1.54) is 12.1 Å². The van der Waals surface area contributed by atoms with Crippen LogP contribution in [0.15, 0.2) is 36.4 Å². The van der Waals surface area contributed by atoms with Crippen molar-refractivity contribution >= 4 is 17.3 Å². The van der Waals surface area contributed by atoms with Gasteiger partial charge in [-0.05, 0) is 31.2 Å². The second-order valence-electron chi connectivity index (χ2n) is 6.14. The Labute approximate surface area is 151 Å². The Kier molecular flexibility index (Phi) is 5.22. The molecule has 0 saturated carbocycles. The predicted molar refractivity (Wildman–Crippen MR) is 94.7 cm³/mol. The van der Waals surface area contributed by atoms with E-state index in [4.69, 9.17) is 16.9 Å². The topological polar surface area (TPSA) is 30.3 Å². The van der Waals surface area contributed by atoms with Crippen LogP contribution in [0.5, 0.6) is 0 Å². The van der Waals surface area contributed by atoms with Crippen LogP contribution in [0.4, 0.5) is 14.5 Å². The van der Waals surface area contributed by atoms with Crippen LogP contribution >= 0.6 is 11.6 Å². The minimum absolute atomic E-state index is 0.118. The minimum atomic E-state index is -0.559. The smallest absolute Gasteiger partial charge is 0.130 e. The Hall–Kier alpha value is -2.16. The first-order valence-electron chi connectivity index (χ1n) is 8.13. The van der Waals surface area contributed by atoms with Crippen molar-refractivity contribution in [2.45, 2.75) is 13.0 Å². The zero-order valence-electron chi connectivity index (χ0n) is 13.8. The maximum atomic E-state index is 14.0. The lowest BCUT2D eigenvalue weighted by molar-refractivity contribution is 0.195. The Balaban J connectivity index is 1.67. The number of anilines is 1. The van der Waals surface area contributed by atoms with Gasteiger partial charge in [-0.3, -0.25) is 4.90 Å². The van der Waals surface area contributed by atoms with Crippen LogP contribution in [-0.2, 0) is 0 Å². The Morgan fingerprint density at radius 2 is 1.80 bits per heavy atom. The van der Waals surface area contributed by atoms with Crippen LogP contribution in [0.25, 0.3) is 0 Å². The predicted octanol–water partition coefficient (Wildman–Crippen LogP) is 4.37. The highest BCUT2D eigenvalue weighted by Gasteiger charge is 2.24. The number of nitrogens with zero attached hydrogens (tertiary/aromatic N) is 3. The Bertz CT molecular complexity index is 811. The summed E-state index contributed by atoms with van der Waals surface area (Å²) in [5.41, 5.74) is 1.95. The third-order valence-electron chi connectivity index (χ3n) is 4.71. The molecule has 0 aromatic heterocycles. The number of nitriles is 1. The van der Waals surface area contributed by atoms with Gasteiger partial charge in [0.2, 0.25) is 0 Å². The molecule has 25 heavy (non-hydrogen) atoms. The van der Waals surface area contributed by atoms with Crippen LogP contribution in [-0.4, -0.2) is 31.1 Å². The molecule has 130 valence electrons. The van der Waals surface area contributed by atoms with Gasteiger partial charge >= 0.3 is 0 Å². The van der Waals surface area contributed by atoms with Crippen molar-refractivity contribution in [1.29, 1.82) is 5.26 Å². The number of hydrogen-bond donors (Lipinski definition) is 0. The normalized spacial score (nSPS) is 16.5. The highest BCUT2D eigenvalue weighted by atomic mass is 35.5. The van der Waals surface area contributed by atoms with E-state index in [1.807, 2.05) is 13.0 Å². The largest absolute Gasteiger partial charge is 0.369 e. The molecule has 1 saturated heterocycles. The number of benzene rings is 2. The molecule has 1 fully saturated rings. The van der Waals surface area contributed by atoms with Gasteiger partial charge in [0.05, 0.1) is 10.6 Å². The lowest BCUT2D eigenvalue weighted by Crippen LogP contribution is -2.47. The summed E-state index contributed by atoms with van der Waals surface area (Å²) in [5.74, 6) is -1.07. The molecule has 1 heterocycles. The average molecular weight is 362 g/mol. The molecule has 0 bridgehead atoms. The molecule has 3 nitrogen and oxygen atoms in total. The van der Waals surface area contributed by atoms with Crippen molar-refractivity contribution in [3.63, 3.8) is 0 Å². The average Bonchev–Trinajstić information content (AvgIpc) is 2.61. The fourth-order valence-electron chi connectivity index (χ4n) is 3.20. The maximum absolute atomic E-state index is 14.0. The van der Waals surface area contributed by atoms with E-state index in [-0.39, 0.29) is 6.04 Å². The van der Waals surface area contributed by atoms with E-state index < -0.39 is 11.6 Å². The summed E-state index contributed by atoms with van der Waals surface area (Å²) in [6, 6.07) is 11.1. The summed E-state index contributed by atoms with van der Waals surface area (Å²) in [7, 11) is 0. The van der Waals surface area contributed by atoms with Crippen LogP contribution < -0.4 is 4.90 Å². The van der Waals surface area contributed by atoms with Crippen molar-refractivity contribution in [1.82, 2.24) is 4.90 Å². The van der Waals surface area contributed by atoms with E-state index in [2.05, 4.69) is 15.9 Å². The molecular weight excluding hydrogens is 344 g/mol. The van der Waals surface area contributed by atoms with Gasteiger partial charge in [-0.15, -0.1) is 0 Å². The highest BCUT2D eigenvalue weighted by molar-refractivity contribution is 6.32.